The van der Waals surface area contributed by atoms with E-state index in [1.165, 1.54) is 0 Å². The molecule has 0 aromatic rings. The Balaban J connectivity index is 2.27. The van der Waals surface area contributed by atoms with Gasteiger partial charge in [-0.25, -0.2) is 0 Å². The fourth-order valence-electron chi connectivity index (χ4n) is 0.826. The molecule has 0 saturated carbocycles. The van der Waals surface area contributed by atoms with Gasteiger partial charge in [0.05, 0.1) is 0 Å². The van der Waals surface area contributed by atoms with Gasteiger partial charge in [0.15, 0.2) is 0 Å². The van der Waals surface area contributed by atoms with Gasteiger partial charge in [0.1, 0.15) is 6.42 Å². The lowest BCUT2D eigenvalue weighted by Crippen LogP contribution is -2.43. The number of amides is 2. The second-order valence-corrected chi connectivity index (χ2v) is 2.38. The summed E-state index contributed by atoms with van der Waals surface area (Å²) in [4.78, 5) is 22.7. The van der Waals surface area contributed by atoms with Crippen molar-refractivity contribution in [2.24, 2.45) is 5.73 Å². The third-order valence-electron chi connectivity index (χ3n) is 1.53. The summed E-state index contributed by atoms with van der Waals surface area (Å²) in [5, 5.41) is 0. The number of hydrogen-bond acceptors (Lipinski definition) is 2. The second kappa shape index (κ2) is 2.68. The molecular formula is C6H10N2O2. The lowest BCUT2D eigenvalue weighted by molar-refractivity contribution is -0.137. The number of carbonyl (C=O) groups excluding carboxylic acids is 2. The van der Waals surface area contributed by atoms with Crippen molar-refractivity contribution in [3.8, 4) is 0 Å². The van der Waals surface area contributed by atoms with E-state index in [1.807, 2.05) is 0 Å². The highest BCUT2D eigenvalue weighted by Gasteiger charge is 2.20. The molecule has 0 aliphatic carbocycles. The zero-order valence-corrected chi connectivity index (χ0v) is 5.67. The van der Waals surface area contributed by atoms with Crippen LogP contribution in [0.1, 0.15) is 12.8 Å². The van der Waals surface area contributed by atoms with Crippen molar-refractivity contribution in [2.75, 3.05) is 13.1 Å². The minimum atomic E-state index is -0.545. The smallest absolute Gasteiger partial charge is 0.231 e. The average molecular weight is 142 g/mol. The maximum Gasteiger partial charge on any atom is 0.231 e. The average Bonchev–Trinajstić information content (AvgIpc) is 1.55. The molecule has 0 bridgehead atoms. The molecule has 4 heteroatoms. The van der Waals surface area contributed by atoms with Crippen LogP contribution in [0.4, 0.5) is 0 Å². The van der Waals surface area contributed by atoms with Crippen LogP contribution in [0.2, 0.25) is 0 Å². The first kappa shape index (κ1) is 7.05. The summed E-state index contributed by atoms with van der Waals surface area (Å²) in [5.74, 6) is -0.685. The summed E-state index contributed by atoms with van der Waals surface area (Å²) < 4.78 is 0. The fourth-order valence-corrected chi connectivity index (χ4v) is 0.826. The van der Waals surface area contributed by atoms with E-state index in [2.05, 4.69) is 0 Å². The predicted octanol–water partition coefficient (Wildman–Crippen LogP) is -0.906. The maximum absolute atomic E-state index is 10.9. The first-order chi connectivity index (χ1) is 4.70. The van der Waals surface area contributed by atoms with Gasteiger partial charge < -0.3 is 10.6 Å². The van der Waals surface area contributed by atoms with E-state index in [4.69, 9.17) is 5.73 Å². The minimum absolute atomic E-state index is 0.139. The van der Waals surface area contributed by atoms with Crippen LogP contribution in [0.5, 0.6) is 0 Å². The lowest BCUT2D eigenvalue weighted by Gasteiger charge is -2.30. The van der Waals surface area contributed by atoms with E-state index in [0.717, 1.165) is 19.5 Å². The van der Waals surface area contributed by atoms with E-state index in [1.54, 1.807) is 4.90 Å². The molecular weight excluding hydrogens is 132 g/mol. The summed E-state index contributed by atoms with van der Waals surface area (Å²) in [7, 11) is 0. The van der Waals surface area contributed by atoms with Crippen LogP contribution in [-0.2, 0) is 9.59 Å². The molecule has 1 saturated heterocycles. The van der Waals surface area contributed by atoms with Crippen LogP contribution in [0.3, 0.4) is 0 Å². The molecule has 0 unspecified atom stereocenters. The number of carbonyl (C=O) groups is 2. The van der Waals surface area contributed by atoms with Crippen molar-refractivity contribution in [3.05, 3.63) is 0 Å². The van der Waals surface area contributed by atoms with E-state index in [0.29, 0.717) is 0 Å². The Bertz CT molecular complexity index is 163. The molecule has 56 valence electrons. The van der Waals surface area contributed by atoms with Crippen LogP contribution >= 0.6 is 0 Å². The third-order valence-corrected chi connectivity index (χ3v) is 1.53. The number of nitrogens with zero attached hydrogens (tertiary/aromatic N) is 1. The zero-order chi connectivity index (χ0) is 7.56. The number of nitrogens with two attached hydrogens (primary N) is 1. The highest BCUT2D eigenvalue weighted by molar-refractivity contribution is 5.96. The Morgan fingerprint density at radius 1 is 1.40 bits per heavy atom. The van der Waals surface area contributed by atoms with Gasteiger partial charge in [-0.15, -0.1) is 0 Å². The largest absolute Gasteiger partial charge is 0.369 e. The van der Waals surface area contributed by atoms with Crippen molar-refractivity contribution >= 4 is 11.8 Å². The highest BCUT2D eigenvalue weighted by atomic mass is 16.2. The number of primary amides is 1. The molecule has 0 aromatic heterocycles. The summed E-state index contributed by atoms with van der Waals surface area (Å²) in [6.07, 6.45) is 0.907. The van der Waals surface area contributed by atoms with Gasteiger partial charge in [-0.1, -0.05) is 0 Å². The standard InChI is InChI=1S/C6H10N2O2/c7-5(9)4-6(10)8-2-1-3-8/h1-4H2,(H2,7,9). The Hall–Kier alpha value is -1.06. The van der Waals surface area contributed by atoms with E-state index >= 15 is 0 Å². The molecule has 0 aromatic carbocycles. The Morgan fingerprint density at radius 3 is 2.30 bits per heavy atom. The monoisotopic (exact) mass is 142 g/mol. The minimum Gasteiger partial charge on any atom is -0.369 e. The molecule has 2 amide bonds. The molecule has 1 aliphatic rings. The quantitative estimate of drug-likeness (QED) is 0.507. The van der Waals surface area contributed by atoms with Crippen LogP contribution in [0.15, 0.2) is 0 Å². The topological polar surface area (TPSA) is 63.4 Å². The SMILES string of the molecule is NC(=O)CC(=O)N1CCC1. The van der Waals surface area contributed by atoms with Crippen molar-refractivity contribution in [2.45, 2.75) is 12.8 Å². The van der Waals surface area contributed by atoms with E-state index in [9.17, 15) is 9.59 Å². The first-order valence-corrected chi connectivity index (χ1v) is 3.26. The van der Waals surface area contributed by atoms with Gasteiger partial charge in [-0.3, -0.25) is 9.59 Å². The molecule has 2 N–H and O–H groups in total. The van der Waals surface area contributed by atoms with Crippen molar-refractivity contribution in [1.82, 2.24) is 4.90 Å². The Labute approximate surface area is 59.0 Å². The van der Waals surface area contributed by atoms with Gasteiger partial charge in [-0.2, -0.15) is 0 Å². The van der Waals surface area contributed by atoms with Crippen molar-refractivity contribution in [1.29, 1.82) is 0 Å². The normalized spacial score (nSPS) is 16.2. The molecule has 0 radical (unpaired) electrons. The summed E-state index contributed by atoms with van der Waals surface area (Å²) >= 11 is 0. The number of hydrogen-bond donors (Lipinski definition) is 1. The molecule has 0 atom stereocenters. The first-order valence-electron chi connectivity index (χ1n) is 3.26. The summed E-state index contributed by atoms with van der Waals surface area (Å²) in [5.41, 5.74) is 4.82. The lowest BCUT2D eigenvalue weighted by atomic mass is 10.2. The van der Waals surface area contributed by atoms with Crippen LogP contribution in [-0.4, -0.2) is 29.8 Å². The van der Waals surface area contributed by atoms with E-state index in [-0.39, 0.29) is 12.3 Å². The maximum atomic E-state index is 10.9. The molecule has 4 nitrogen and oxygen atoms in total. The Kier molecular flexibility index (Phi) is 1.89. The molecule has 10 heavy (non-hydrogen) atoms. The molecule has 1 aliphatic heterocycles. The fraction of sp³-hybridized carbons (Fsp3) is 0.667. The third kappa shape index (κ3) is 1.46. The van der Waals surface area contributed by atoms with Crippen LogP contribution in [0, 0.1) is 0 Å². The van der Waals surface area contributed by atoms with Gasteiger partial charge in [0.2, 0.25) is 11.8 Å². The van der Waals surface area contributed by atoms with Gasteiger partial charge in [0.25, 0.3) is 0 Å². The van der Waals surface area contributed by atoms with Crippen LogP contribution in [0.25, 0.3) is 0 Å². The van der Waals surface area contributed by atoms with Gasteiger partial charge in [-0.05, 0) is 6.42 Å². The Morgan fingerprint density at radius 2 is 2.00 bits per heavy atom. The predicted molar refractivity (Wildman–Crippen MR) is 35.0 cm³/mol. The van der Waals surface area contributed by atoms with Crippen molar-refractivity contribution in [3.63, 3.8) is 0 Å². The zero-order valence-electron chi connectivity index (χ0n) is 5.67. The van der Waals surface area contributed by atoms with E-state index < -0.39 is 5.91 Å². The van der Waals surface area contributed by atoms with Gasteiger partial charge >= 0.3 is 0 Å². The van der Waals surface area contributed by atoms with Crippen LogP contribution < -0.4 is 5.73 Å². The molecule has 1 heterocycles. The molecule has 0 spiro atoms. The molecule has 1 rings (SSSR count). The number of likely N-dealkylation sites (tertiary alicyclic amines) is 1. The second-order valence-electron chi connectivity index (χ2n) is 2.38. The van der Waals surface area contributed by atoms with Crippen molar-refractivity contribution < 1.29 is 9.59 Å². The highest BCUT2D eigenvalue weighted by Crippen LogP contribution is 2.06. The molecule has 1 fully saturated rings. The van der Waals surface area contributed by atoms with Gasteiger partial charge in [0, 0.05) is 13.1 Å². The number of rotatable bonds is 2. The summed E-state index contributed by atoms with van der Waals surface area (Å²) in [6.45, 7) is 1.57. The summed E-state index contributed by atoms with van der Waals surface area (Å²) in [6, 6.07) is 0.